The standard InChI is InChI=1S/C13H19Cl2N3/c1-8-3-4-9(5-8)7-17-13-11(15)6-10(14)12(16-2)18-13/h6,8-9H,3-5,7H2,1-2H3,(H2,16,17,18). The molecule has 1 fully saturated rings. The maximum atomic E-state index is 6.14. The van der Waals surface area contributed by atoms with Gasteiger partial charge in [-0.15, -0.1) is 0 Å². The second-order valence-corrected chi connectivity index (χ2v) is 5.88. The monoisotopic (exact) mass is 287 g/mol. The zero-order chi connectivity index (χ0) is 13.1. The second-order valence-electron chi connectivity index (χ2n) is 5.06. The van der Waals surface area contributed by atoms with E-state index in [1.165, 1.54) is 19.3 Å². The molecule has 1 aliphatic rings. The summed E-state index contributed by atoms with van der Waals surface area (Å²) in [4.78, 5) is 4.38. The summed E-state index contributed by atoms with van der Waals surface area (Å²) in [6.07, 6.45) is 3.91. The van der Waals surface area contributed by atoms with Gasteiger partial charge >= 0.3 is 0 Å². The number of nitrogens with one attached hydrogen (secondary N) is 2. The predicted octanol–water partition coefficient (Wildman–Crippen LogP) is 4.28. The third kappa shape index (κ3) is 3.21. The molecule has 2 unspecified atom stereocenters. The molecule has 1 heterocycles. The Hall–Kier alpha value is -0.670. The van der Waals surface area contributed by atoms with E-state index in [1.54, 1.807) is 13.1 Å². The minimum Gasteiger partial charge on any atom is -0.372 e. The van der Waals surface area contributed by atoms with Crippen LogP contribution < -0.4 is 10.6 Å². The first kappa shape index (κ1) is 13.8. The highest BCUT2D eigenvalue weighted by Gasteiger charge is 2.21. The smallest absolute Gasteiger partial charge is 0.147 e. The molecule has 1 aromatic rings. The Morgan fingerprint density at radius 2 is 2.00 bits per heavy atom. The fourth-order valence-corrected chi connectivity index (χ4v) is 3.04. The molecule has 100 valence electrons. The van der Waals surface area contributed by atoms with Crippen LogP contribution >= 0.6 is 23.2 Å². The first-order valence-corrected chi connectivity index (χ1v) is 7.13. The van der Waals surface area contributed by atoms with Crippen molar-refractivity contribution in [2.24, 2.45) is 11.8 Å². The number of hydrogen-bond acceptors (Lipinski definition) is 3. The Labute approximate surface area is 118 Å². The van der Waals surface area contributed by atoms with E-state index >= 15 is 0 Å². The van der Waals surface area contributed by atoms with Crippen LogP contribution in [0.15, 0.2) is 6.07 Å². The molecular weight excluding hydrogens is 269 g/mol. The Bertz CT molecular complexity index is 423. The summed E-state index contributed by atoms with van der Waals surface area (Å²) >= 11 is 12.1. The number of hydrogen-bond donors (Lipinski definition) is 2. The molecule has 0 spiro atoms. The zero-order valence-corrected chi connectivity index (χ0v) is 12.3. The quantitative estimate of drug-likeness (QED) is 0.868. The van der Waals surface area contributed by atoms with E-state index in [9.17, 15) is 0 Å². The van der Waals surface area contributed by atoms with Gasteiger partial charge < -0.3 is 10.6 Å². The van der Waals surface area contributed by atoms with Crippen LogP contribution in [0.4, 0.5) is 11.6 Å². The molecule has 0 aromatic carbocycles. The van der Waals surface area contributed by atoms with Crippen LogP contribution in [0.3, 0.4) is 0 Å². The largest absolute Gasteiger partial charge is 0.372 e. The Kier molecular flexibility index (Phi) is 4.57. The molecule has 1 aliphatic carbocycles. The third-order valence-corrected chi connectivity index (χ3v) is 4.10. The molecule has 1 saturated carbocycles. The van der Waals surface area contributed by atoms with Gasteiger partial charge in [0, 0.05) is 13.6 Å². The van der Waals surface area contributed by atoms with Crippen LogP contribution in [0.2, 0.25) is 10.0 Å². The molecule has 2 rings (SSSR count). The molecule has 0 amide bonds. The summed E-state index contributed by atoms with van der Waals surface area (Å²) in [6, 6.07) is 1.72. The topological polar surface area (TPSA) is 37.0 Å². The molecule has 1 aromatic heterocycles. The lowest BCUT2D eigenvalue weighted by molar-refractivity contribution is 0.536. The maximum Gasteiger partial charge on any atom is 0.147 e. The van der Waals surface area contributed by atoms with E-state index in [0.717, 1.165) is 18.4 Å². The van der Waals surface area contributed by atoms with Crippen molar-refractivity contribution in [2.45, 2.75) is 26.2 Å². The van der Waals surface area contributed by atoms with Crippen LogP contribution in [-0.4, -0.2) is 18.6 Å². The van der Waals surface area contributed by atoms with Gasteiger partial charge in [-0.2, -0.15) is 0 Å². The van der Waals surface area contributed by atoms with Gasteiger partial charge in [-0.1, -0.05) is 36.5 Å². The summed E-state index contributed by atoms with van der Waals surface area (Å²) in [5, 5.41) is 7.41. The summed E-state index contributed by atoms with van der Waals surface area (Å²) in [5.41, 5.74) is 0. The lowest BCUT2D eigenvalue weighted by atomic mass is 10.1. The number of rotatable bonds is 4. The first-order chi connectivity index (χ1) is 8.60. The van der Waals surface area contributed by atoms with Crippen LogP contribution in [0, 0.1) is 11.8 Å². The molecule has 2 N–H and O–H groups in total. The average Bonchev–Trinajstić information content (AvgIpc) is 2.74. The SMILES string of the molecule is CNc1nc(NCC2CCC(C)C2)c(Cl)cc1Cl. The molecule has 0 aliphatic heterocycles. The van der Waals surface area contributed by atoms with E-state index in [0.29, 0.717) is 21.7 Å². The molecule has 0 saturated heterocycles. The zero-order valence-electron chi connectivity index (χ0n) is 10.8. The Morgan fingerprint density at radius 3 is 2.61 bits per heavy atom. The first-order valence-electron chi connectivity index (χ1n) is 6.37. The van der Waals surface area contributed by atoms with Crippen molar-refractivity contribution in [1.29, 1.82) is 0 Å². The van der Waals surface area contributed by atoms with E-state index in [1.807, 2.05) is 0 Å². The van der Waals surface area contributed by atoms with Crippen molar-refractivity contribution in [2.75, 3.05) is 24.2 Å². The van der Waals surface area contributed by atoms with E-state index in [2.05, 4.69) is 22.5 Å². The lowest BCUT2D eigenvalue weighted by Crippen LogP contribution is -2.13. The van der Waals surface area contributed by atoms with Crippen molar-refractivity contribution in [1.82, 2.24) is 4.98 Å². The van der Waals surface area contributed by atoms with Crippen LogP contribution in [0.25, 0.3) is 0 Å². The molecule has 0 bridgehead atoms. The predicted molar refractivity (Wildman–Crippen MR) is 78.8 cm³/mol. The molecule has 5 heteroatoms. The summed E-state index contributed by atoms with van der Waals surface area (Å²) in [6.45, 7) is 3.24. The highest BCUT2D eigenvalue weighted by molar-refractivity contribution is 6.37. The normalized spacial score (nSPS) is 23.1. The number of nitrogens with zero attached hydrogens (tertiary/aromatic N) is 1. The van der Waals surface area contributed by atoms with Crippen molar-refractivity contribution in [3.8, 4) is 0 Å². The average molecular weight is 288 g/mol. The van der Waals surface area contributed by atoms with Crippen LogP contribution in [0.5, 0.6) is 0 Å². The molecule has 3 nitrogen and oxygen atoms in total. The van der Waals surface area contributed by atoms with Crippen molar-refractivity contribution >= 4 is 34.8 Å². The van der Waals surface area contributed by atoms with Gasteiger partial charge in [0.15, 0.2) is 0 Å². The maximum absolute atomic E-state index is 6.14. The van der Waals surface area contributed by atoms with Gasteiger partial charge in [0.1, 0.15) is 11.6 Å². The van der Waals surface area contributed by atoms with Gasteiger partial charge in [-0.3, -0.25) is 0 Å². The number of halogens is 2. The highest BCUT2D eigenvalue weighted by atomic mass is 35.5. The third-order valence-electron chi connectivity index (χ3n) is 3.53. The minimum atomic E-state index is 0.544. The van der Waals surface area contributed by atoms with E-state index < -0.39 is 0 Å². The van der Waals surface area contributed by atoms with E-state index in [4.69, 9.17) is 23.2 Å². The summed E-state index contributed by atoms with van der Waals surface area (Å²) in [7, 11) is 1.80. The molecular formula is C13H19Cl2N3. The Morgan fingerprint density at radius 1 is 1.28 bits per heavy atom. The fraction of sp³-hybridized carbons (Fsp3) is 0.615. The Balaban J connectivity index is 2.00. The molecule has 0 radical (unpaired) electrons. The highest BCUT2D eigenvalue weighted by Crippen LogP contribution is 2.32. The van der Waals surface area contributed by atoms with Gasteiger partial charge in [-0.05, 0) is 30.7 Å². The van der Waals surface area contributed by atoms with Crippen molar-refractivity contribution in [3.05, 3.63) is 16.1 Å². The summed E-state index contributed by atoms with van der Waals surface area (Å²) in [5.74, 6) is 2.94. The van der Waals surface area contributed by atoms with Gasteiger partial charge in [0.05, 0.1) is 10.0 Å². The van der Waals surface area contributed by atoms with Gasteiger partial charge in [0.2, 0.25) is 0 Å². The van der Waals surface area contributed by atoms with Crippen LogP contribution in [-0.2, 0) is 0 Å². The number of aromatic nitrogens is 1. The summed E-state index contributed by atoms with van der Waals surface area (Å²) < 4.78 is 0. The van der Waals surface area contributed by atoms with Gasteiger partial charge in [-0.25, -0.2) is 4.98 Å². The lowest BCUT2D eigenvalue weighted by Gasteiger charge is -2.14. The number of pyridine rings is 1. The van der Waals surface area contributed by atoms with Gasteiger partial charge in [0.25, 0.3) is 0 Å². The number of anilines is 2. The second kappa shape index (κ2) is 5.98. The van der Waals surface area contributed by atoms with Crippen molar-refractivity contribution < 1.29 is 0 Å². The fourth-order valence-electron chi connectivity index (χ4n) is 2.52. The minimum absolute atomic E-state index is 0.544. The molecule has 2 atom stereocenters. The van der Waals surface area contributed by atoms with Crippen LogP contribution in [0.1, 0.15) is 26.2 Å². The van der Waals surface area contributed by atoms with Crippen molar-refractivity contribution in [3.63, 3.8) is 0 Å². The van der Waals surface area contributed by atoms with E-state index in [-0.39, 0.29) is 0 Å². The molecule has 18 heavy (non-hydrogen) atoms.